The van der Waals surface area contributed by atoms with Crippen LogP contribution in [-0.4, -0.2) is 5.21 Å². The van der Waals surface area contributed by atoms with E-state index in [-0.39, 0.29) is 0 Å². The maximum absolute atomic E-state index is 8.46. The van der Waals surface area contributed by atoms with Crippen molar-refractivity contribution < 1.29 is 5.21 Å². The number of hydroxylamine groups is 1. The van der Waals surface area contributed by atoms with E-state index in [1.165, 1.54) is 18.4 Å². The lowest BCUT2D eigenvalue weighted by atomic mass is 10.1. The van der Waals surface area contributed by atoms with Crippen LogP contribution < -0.4 is 5.48 Å². The maximum Gasteiger partial charge on any atom is 0.0458 e. The van der Waals surface area contributed by atoms with Gasteiger partial charge in [-0.3, -0.25) is 0 Å². The van der Waals surface area contributed by atoms with Gasteiger partial charge in [0.2, 0.25) is 0 Å². The van der Waals surface area contributed by atoms with E-state index in [9.17, 15) is 0 Å². The van der Waals surface area contributed by atoms with Crippen molar-refractivity contribution >= 4 is 0 Å². The summed E-state index contributed by atoms with van der Waals surface area (Å²) in [6.45, 7) is 0.533. The highest BCUT2D eigenvalue weighted by Crippen LogP contribution is 2.39. The molecule has 2 N–H and O–H groups in total. The van der Waals surface area contributed by atoms with E-state index in [0.29, 0.717) is 6.54 Å². The molecule has 0 atom stereocenters. The summed E-state index contributed by atoms with van der Waals surface area (Å²) < 4.78 is 0. The van der Waals surface area contributed by atoms with Gasteiger partial charge in [0.15, 0.2) is 0 Å². The first-order valence-electron chi connectivity index (χ1n) is 4.36. The minimum atomic E-state index is 0.533. The summed E-state index contributed by atoms with van der Waals surface area (Å²) in [5, 5.41) is 8.46. The summed E-state index contributed by atoms with van der Waals surface area (Å²) in [4.78, 5) is 0. The summed E-state index contributed by atoms with van der Waals surface area (Å²) in [6.07, 6.45) is 2.69. The van der Waals surface area contributed by atoms with Gasteiger partial charge in [-0.2, -0.15) is 0 Å². The Labute approximate surface area is 72.2 Å². The van der Waals surface area contributed by atoms with Crippen molar-refractivity contribution in [3.63, 3.8) is 0 Å². The van der Waals surface area contributed by atoms with Crippen molar-refractivity contribution in [1.29, 1.82) is 0 Å². The fourth-order valence-electron chi connectivity index (χ4n) is 1.42. The highest BCUT2D eigenvalue weighted by atomic mass is 16.5. The Kier molecular flexibility index (Phi) is 2.11. The molecule has 2 rings (SSSR count). The van der Waals surface area contributed by atoms with E-state index in [1.807, 2.05) is 0 Å². The predicted molar refractivity (Wildman–Crippen MR) is 47.0 cm³/mol. The van der Waals surface area contributed by atoms with E-state index in [2.05, 4.69) is 29.7 Å². The lowest BCUT2D eigenvalue weighted by molar-refractivity contribution is 0.161. The highest BCUT2D eigenvalue weighted by molar-refractivity contribution is 5.27. The molecule has 0 spiro atoms. The monoisotopic (exact) mass is 163 g/mol. The zero-order valence-electron chi connectivity index (χ0n) is 6.96. The standard InChI is InChI=1S/C10H13NO/c12-11-7-8-1-3-9(4-2-8)10-5-6-10/h1-4,10-12H,5-7H2. The van der Waals surface area contributed by atoms with Crippen LogP contribution in [0.4, 0.5) is 0 Å². The smallest absolute Gasteiger partial charge is 0.0458 e. The number of benzene rings is 1. The SMILES string of the molecule is ONCc1ccc(C2CC2)cc1. The van der Waals surface area contributed by atoms with Gasteiger partial charge < -0.3 is 5.21 Å². The fraction of sp³-hybridized carbons (Fsp3) is 0.400. The van der Waals surface area contributed by atoms with Gasteiger partial charge >= 0.3 is 0 Å². The summed E-state index contributed by atoms with van der Waals surface area (Å²) in [7, 11) is 0. The highest BCUT2D eigenvalue weighted by Gasteiger charge is 2.22. The molecular weight excluding hydrogens is 150 g/mol. The van der Waals surface area contributed by atoms with Crippen molar-refractivity contribution in [2.24, 2.45) is 0 Å². The first-order valence-corrected chi connectivity index (χ1v) is 4.36. The maximum atomic E-state index is 8.46. The van der Waals surface area contributed by atoms with E-state index in [0.717, 1.165) is 11.5 Å². The first kappa shape index (κ1) is 7.77. The molecule has 0 unspecified atom stereocenters. The molecule has 1 saturated carbocycles. The molecular formula is C10H13NO. The summed E-state index contributed by atoms with van der Waals surface area (Å²) >= 11 is 0. The van der Waals surface area contributed by atoms with Gasteiger partial charge in [-0.1, -0.05) is 24.3 Å². The molecule has 1 fully saturated rings. The van der Waals surface area contributed by atoms with Crippen molar-refractivity contribution in [3.05, 3.63) is 35.4 Å². The van der Waals surface area contributed by atoms with Gasteiger partial charge in [-0.15, -0.1) is 0 Å². The molecule has 0 heterocycles. The fourth-order valence-corrected chi connectivity index (χ4v) is 1.42. The van der Waals surface area contributed by atoms with Crippen LogP contribution in [0.1, 0.15) is 29.9 Å². The molecule has 2 nitrogen and oxygen atoms in total. The zero-order valence-corrected chi connectivity index (χ0v) is 6.96. The summed E-state index contributed by atoms with van der Waals surface area (Å²) in [6, 6.07) is 8.45. The van der Waals surface area contributed by atoms with Crippen molar-refractivity contribution in [3.8, 4) is 0 Å². The summed E-state index contributed by atoms with van der Waals surface area (Å²) in [5.41, 5.74) is 4.72. The molecule has 0 aromatic heterocycles. The minimum absolute atomic E-state index is 0.533. The number of nitrogens with one attached hydrogen (secondary N) is 1. The van der Waals surface area contributed by atoms with Crippen LogP contribution in [0.5, 0.6) is 0 Å². The lowest BCUT2D eigenvalue weighted by Crippen LogP contribution is -2.05. The quantitative estimate of drug-likeness (QED) is 0.668. The molecule has 1 aliphatic carbocycles. The van der Waals surface area contributed by atoms with Crippen molar-refractivity contribution in [2.45, 2.75) is 25.3 Å². The molecule has 0 bridgehead atoms. The second-order valence-corrected chi connectivity index (χ2v) is 3.35. The number of rotatable bonds is 3. The average molecular weight is 163 g/mol. The molecule has 1 aliphatic rings. The molecule has 0 radical (unpaired) electrons. The second kappa shape index (κ2) is 3.25. The van der Waals surface area contributed by atoms with Crippen LogP contribution in [0.3, 0.4) is 0 Å². The topological polar surface area (TPSA) is 32.3 Å². The molecule has 0 amide bonds. The van der Waals surface area contributed by atoms with Crippen LogP contribution in [0.25, 0.3) is 0 Å². The molecule has 1 aromatic rings. The van der Waals surface area contributed by atoms with Crippen LogP contribution in [0.15, 0.2) is 24.3 Å². The molecule has 64 valence electrons. The lowest BCUT2D eigenvalue weighted by Gasteiger charge is -2.00. The third-order valence-electron chi connectivity index (χ3n) is 2.31. The van der Waals surface area contributed by atoms with Crippen LogP contribution in [0.2, 0.25) is 0 Å². The Bertz CT molecular complexity index is 251. The largest absolute Gasteiger partial charge is 0.316 e. The Morgan fingerprint density at radius 2 is 1.92 bits per heavy atom. The number of hydrogen-bond donors (Lipinski definition) is 2. The Morgan fingerprint density at radius 1 is 1.25 bits per heavy atom. The minimum Gasteiger partial charge on any atom is -0.316 e. The van der Waals surface area contributed by atoms with Crippen LogP contribution in [0, 0.1) is 0 Å². The summed E-state index contributed by atoms with van der Waals surface area (Å²) in [5.74, 6) is 0.820. The normalized spacial score (nSPS) is 16.4. The van der Waals surface area contributed by atoms with Gasteiger partial charge in [0.25, 0.3) is 0 Å². The first-order chi connectivity index (χ1) is 5.90. The van der Waals surface area contributed by atoms with Crippen LogP contribution in [-0.2, 0) is 6.54 Å². The Balaban J connectivity index is 2.08. The molecule has 2 heteroatoms. The number of hydrogen-bond acceptors (Lipinski definition) is 2. The molecule has 0 saturated heterocycles. The predicted octanol–water partition coefficient (Wildman–Crippen LogP) is 2.04. The third kappa shape index (κ3) is 1.65. The average Bonchev–Trinajstić information content (AvgIpc) is 2.89. The van der Waals surface area contributed by atoms with Crippen molar-refractivity contribution in [2.75, 3.05) is 0 Å². The van der Waals surface area contributed by atoms with Crippen molar-refractivity contribution in [1.82, 2.24) is 5.48 Å². The van der Waals surface area contributed by atoms with Gasteiger partial charge in [0.05, 0.1) is 0 Å². The van der Waals surface area contributed by atoms with Gasteiger partial charge in [-0.05, 0) is 29.9 Å². The third-order valence-corrected chi connectivity index (χ3v) is 2.31. The van der Waals surface area contributed by atoms with E-state index in [4.69, 9.17) is 5.21 Å². The second-order valence-electron chi connectivity index (χ2n) is 3.35. The van der Waals surface area contributed by atoms with Gasteiger partial charge in [0.1, 0.15) is 0 Å². The Hall–Kier alpha value is -0.860. The van der Waals surface area contributed by atoms with E-state index < -0.39 is 0 Å². The van der Waals surface area contributed by atoms with Gasteiger partial charge in [0, 0.05) is 6.54 Å². The van der Waals surface area contributed by atoms with E-state index in [1.54, 1.807) is 0 Å². The molecule has 0 aliphatic heterocycles. The zero-order chi connectivity index (χ0) is 8.39. The van der Waals surface area contributed by atoms with E-state index >= 15 is 0 Å². The van der Waals surface area contributed by atoms with Crippen LogP contribution >= 0.6 is 0 Å². The van der Waals surface area contributed by atoms with Gasteiger partial charge in [-0.25, -0.2) is 5.48 Å². The Morgan fingerprint density at radius 3 is 2.42 bits per heavy atom. The molecule has 1 aromatic carbocycles. The molecule has 12 heavy (non-hydrogen) atoms.